The molecule has 3 aromatic rings. The van der Waals surface area contributed by atoms with Gasteiger partial charge in [0, 0.05) is 42.5 Å². The quantitative estimate of drug-likeness (QED) is 0.277. The van der Waals surface area contributed by atoms with Crippen LogP contribution in [0.25, 0.3) is 11.3 Å². The van der Waals surface area contributed by atoms with Crippen LogP contribution in [0.5, 0.6) is 5.75 Å². The van der Waals surface area contributed by atoms with Gasteiger partial charge in [-0.3, -0.25) is 9.88 Å². The summed E-state index contributed by atoms with van der Waals surface area (Å²) in [6.07, 6.45) is 9.97. The van der Waals surface area contributed by atoms with Crippen molar-refractivity contribution >= 4 is 0 Å². The van der Waals surface area contributed by atoms with E-state index in [-0.39, 0.29) is 0 Å². The Morgan fingerprint density at radius 2 is 1.61 bits per heavy atom. The molecule has 0 saturated heterocycles. The fourth-order valence-corrected chi connectivity index (χ4v) is 5.87. The highest BCUT2D eigenvalue weighted by Crippen LogP contribution is 2.34. The topological polar surface area (TPSA) is 25.4 Å². The van der Waals surface area contributed by atoms with Gasteiger partial charge in [0.2, 0.25) is 0 Å². The first kappa shape index (κ1) is 26.4. The van der Waals surface area contributed by atoms with Crippen molar-refractivity contribution in [2.24, 2.45) is 5.92 Å². The maximum Gasteiger partial charge on any atom is 0.127 e. The zero-order valence-electron chi connectivity index (χ0n) is 22.9. The molecule has 2 aromatic carbocycles. The number of aromatic nitrogens is 1. The Kier molecular flexibility index (Phi) is 9.58. The van der Waals surface area contributed by atoms with Crippen molar-refractivity contribution in [1.82, 2.24) is 9.88 Å². The highest BCUT2D eigenvalue weighted by atomic mass is 16.5. The van der Waals surface area contributed by atoms with Crippen LogP contribution in [0.2, 0.25) is 0 Å². The second-order valence-corrected chi connectivity index (χ2v) is 10.4. The van der Waals surface area contributed by atoms with Gasteiger partial charge in [-0.15, -0.1) is 0 Å². The molecule has 192 valence electrons. The Bertz CT molecular complexity index is 1080. The monoisotopic (exact) mass is 484 g/mol. The molecular weight excluding hydrogens is 440 g/mol. The number of benzene rings is 2. The van der Waals surface area contributed by atoms with Gasteiger partial charge in [-0.2, -0.15) is 0 Å². The van der Waals surface area contributed by atoms with Gasteiger partial charge in [0.05, 0.1) is 12.8 Å². The molecule has 0 unspecified atom stereocenters. The molecule has 1 aliphatic carbocycles. The van der Waals surface area contributed by atoms with Crippen LogP contribution in [-0.4, -0.2) is 30.1 Å². The minimum atomic E-state index is 0.802. The minimum absolute atomic E-state index is 0.802. The van der Waals surface area contributed by atoms with Gasteiger partial charge >= 0.3 is 0 Å². The SMILES string of the molecule is CCc1cccc(CC)c1-c1cc(OC)c(CN(CCc2ccccc2)CC2CCCCC2)c(C)n1. The molecule has 3 nitrogen and oxygen atoms in total. The van der Waals surface area contributed by atoms with Crippen LogP contribution in [0.3, 0.4) is 0 Å². The molecule has 4 rings (SSSR count). The summed E-state index contributed by atoms with van der Waals surface area (Å²) in [6, 6.07) is 19.7. The molecule has 0 atom stereocenters. The molecule has 0 aliphatic heterocycles. The van der Waals surface area contributed by atoms with E-state index in [1.165, 1.54) is 59.9 Å². The zero-order chi connectivity index (χ0) is 25.3. The average molecular weight is 485 g/mol. The smallest absolute Gasteiger partial charge is 0.127 e. The van der Waals surface area contributed by atoms with Crippen LogP contribution in [0.1, 0.15) is 73.9 Å². The molecule has 0 bridgehead atoms. The third kappa shape index (κ3) is 6.56. The summed E-state index contributed by atoms with van der Waals surface area (Å²) in [7, 11) is 1.81. The van der Waals surface area contributed by atoms with Crippen molar-refractivity contribution in [3.8, 4) is 17.0 Å². The summed E-state index contributed by atoms with van der Waals surface area (Å²) in [5, 5.41) is 0. The maximum atomic E-state index is 6.02. The van der Waals surface area contributed by atoms with Gasteiger partial charge in [-0.25, -0.2) is 0 Å². The van der Waals surface area contributed by atoms with Gasteiger partial charge in [-0.1, -0.05) is 81.6 Å². The number of pyridine rings is 1. The van der Waals surface area contributed by atoms with Crippen LogP contribution >= 0.6 is 0 Å². The van der Waals surface area contributed by atoms with E-state index in [0.717, 1.165) is 62.0 Å². The molecule has 1 saturated carbocycles. The van der Waals surface area contributed by atoms with Crippen LogP contribution in [-0.2, 0) is 25.8 Å². The van der Waals surface area contributed by atoms with Crippen LogP contribution < -0.4 is 4.74 Å². The van der Waals surface area contributed by atoms with Crippen molar-refractivity contribution in [3.63, 3.8) is 0 Å². The first-order chi connectivity index (χ1) is 17.6. The molecule has 0 N–H and O–H groups in total. The van der Waals surface area contributed by atoms with E-state index >= 15 is 0 Å². The Morgan fingerprint density at radius 1 is 0.917 bits per heavy atom. The number of hydrogen-bond acceptors (Lipinski definition) is 3. The normalized spacial score (nSPS) is 14.4. The lowest BCUT2D eigenvalue weighted by molar-refractivity contribution is 0.193. The Hall–Kier alpha value is -2.65. The largest absolute Gasteiger partial charge is 0.496 e. The van der Waals surface area contributed by atoms with Crippen molar-refractivity contribution in [3.05, 3.63) is 82.5 Å². The lowest BCUT2D eigenvalue weighted by Crippen LogP contribution is -2.32. The van der Waals surface area contributed by atoms with Gasteiger partial charge in [0.15, 0.2) is 0 Å². The van der Waals surface area contributed by atoms with Gasteiger partial charge in [0.1, 0.15) is 5.75 Å². The number of ether oxygens (including phenoxy) is 1. The van der Waals surface area contributed by atoms with E-state index in [1.54, 1.807) is 0 Å². The minimum Gasteiger partial charge on any atom is -0.496 e. The maximum absolute atomic E-state index is 6.02. The molecule has 1 heterocycles. The highest BCUT2D eigenvalue weighted by molar-refractivity contribution is 5.70. The van der Waals surface area contributed by atoms with Gasteiger partial charge in [0.25, 0.3) is 0 Å². The van der Waals surface area contributed by atoms with E-state index in [0.29, 0.717) is 0 Å². The van der Waals surface area contributed by atoms with Gasteiger partial charge < -0.3 is 4.74 Å². The molecule has 0 amide bonds. The molecule has 1 fully saturated rings. The molecule has 0 radical (unpaired) electrons. The van der Waals surface area contributed by atoms with Crippen LogP contribution in [0.4, 0.5) is 0 Å². The molecule has 3 heteroatoms. The van der Waals surface area contributed by atoms with Crippen molar-refractivity contribution in [1.29, 1.82) is 0 Å². The second-order valence-electron chi connectivity index (χ2n) is 10.4. The molecule has 1 aromatic heterocycles. The summed E-state index contributed by atoms with van der Waals surface area (Å²) >= 11 is 0. The second kappa shape index (κ2) is 13.1. The van der Waals surface area contributed by atoms with Crippen molar-refractivity contribution in [2.45, 2.75) is 78.7 Å². The summed E-state index contributed by atoms with van der Waals surface area (Å²) in [5.41, 5.74) is 8.79. The number of nitrogens with zero attached hydrogens (tertiary/aromatic N) is 2. The summed E-state index contributed by atoms with van der Waals surface area (Å²) in [5.74, 6) is 1.77. The van der Waals surface area contributed by atoms with E-state index in [4.69, 9.17) is 9.72 Å². The van der Waals surface area contributed by atoms with E-state index in [2.05, 4.69) is 80.3 Å². The number of hydrogen-bond donors (Lipinski definition) is 0. The Labute approximate surface area is 218 Å². The van der Waals surface area contributed by atoms with Gasteiger partial charge in [-0.05, 0) is 61.6 Å². The predicted molar refractivity (Wildman–Crippen MR) is 152 cm³/mol. The van der Waals surface area contributed by atoms with E-state index in [9.17, 15) is 0 Å². The zero-order valence-corrected chi connectivity index (χ0v) is 22.9. The average Bonchev–Trinajstić information content (AvgIpc) is 2.93. The highest BCUT2D eigenvalue weighted by Gasteiger charge is 2.21. The molecule has 0 spiro atoms. The predicted octanol–water partition coefficient (Wildman–Crippen LogP) is 7.82. The first-order valence-corrected chi connectivity index (χ1v) is 14.0. The third-order valence-electron chi connectivity index (χ3n) is 7.95. The van der Waals surface area contributed by atoms with Crippen LogP contribution in [0, 0.1) is 12.8 Å². The fourth-order valence-electron chi connectivity index (χ4n) is 5.87. The molecule has 1 aliphatic rings. The first-order valence-electron chi connectivity index (χ1n) is 14.0. The van der Waals surface area contributed by atoms with Crippen molar-refractivity contribution in [2.75, 3.05) is 20.2 Å². The Morgan fingerprint density at radius 3 is 2.25 bits per heavy atom. The van der Waals surface area contributed by atoms with Crippen LogP contribution in [0.15, 0.2) is 54.6 Å². The number of aryl methyl sites for hydroxylation is 3. The third-order valence-corrected chi connectivity index (χ3v) is 7.95. The lowest BCUT2D eigenvalue weighted by Gasteiger charge is -2.30. The lowest BCUT2D eigenvalue weighted by atomic mass is 9.88. The summed E-state index contributed by atoms with van der Waals surface area (Å²) in [6.45, 7) is 9.73. The van der Waals surface area contributed by atoms with E-state index < -0.39 is 0 Å². The summed E-state index contributed by atoms with van der Waals surface area (Å²) in [4.78, 5) is 7.84. The van der Waals surface area contributed by atoms with E-state index in [1.807, 2.05) is 7.11 Å². The molecule has 36 heavy (non-hydrogen) atoms. The Balaban J connectivity index is 1.62. The summed E-state index contributed by atoms with van der Waals surface area (Å²) < 4.78 is 6.02. The van der Waals surface area contributed by atoms with Crippen molar-refractivity contribution < 1.29 is 4.74 Å². The standard InChI is InChI=1S/C33H44N2O/c1-5-28-18-13-19-29(6-2)33(28)31-22-32(36-4)30(25(3)34-31)24-35(23-27-16-11-8-12-17-27)21-20-26-14-9-7-10-15-26/h7,9-10,13-15,18-19,22,27H,5-6,8,11-12,16-17,20-21,23-24H2,1-4H3. The fraction of sp³-hybridized carbons (Fsp3) is 0.485. The number of rotatable bonds is 11. The number of methoxy groups -OCH3 is 1. The molecular formula is C33H44N2O.